The van der Waals surface area contributed by atoms with Gasteiger partial charge in [-0.3, -0.25) is 0 Å². The Kier molecular flexibility index (Phi) is 9.64. The second-order valence-corrected chi connectivity index (χ2v) is 4.31. The number of nitrogens with two attached hydrogens (primary N) is 1. The zero-order chi connectivity index (χ0) is 13.2. The van der Waals surface area contributed by atoms with Crippen molar-refractivity contribution in [3.8, 4) is 11.1 Å². The number of unbranched alkanes of at least 4 members (excludes halogenated alkanes) is 2. The van der Waals surface area contributed by atoms with Crippen LogP contribution in [0.2, 0.25) is 0 Å². The summed E-state index contributed by atoms with van der Waals surface area (Å²) in [5, 5.41) is 0. The van der Waals surface area contributed by atoms with Crippen LogP contribution in [0.1, 0.15) is 33.1 Å². The third-order valence-electron chi connectivity index (χ3n) is 2.75. The maximum Gasteiger partial charge on any atom is 0.0393 e. The van der Waals surface area contributed by atoms with Crippen molar-refractivity contribution in [1.29, 1.82) is 0 Å². The van der Waals surface area contributed by atoms with Crippen LogP contribution in [0.25, 0.3) is 11.1 Å². The van der Waals surface area contributed by atoms with Gasteiger partial charge in [0.2, 0.25) is 0 Å². The fourth-order valence-corrected chi connectivity index (χ4v) is 1.73. The Morgan fingerprint density at radius 3 is 1.79 bits per heavy atom. The van der Waals surface area contributed by atoms with Crippen LogP contribution in [0.4, 0.5) is 5.69 Å². The van der Waals surface area contributed by atoms with Gasteiger partial charge in [0.15, 0.2) is 0 Å². The first-order valence-corrected chi connectivity index (χ1v) is 6.69. The highest BCUT2D eigenvalue weighted by atomic mass is 35.5. The van der Waals surface area contributed by atoms with E-state index in [1.807, 2.05) is 42.5 Å². The van der Waals surface area contributed by atoms with Gasteiger partial charge in [-0.15, -0.1) is 12.4 Å². The van der Waals surface area contributed by atoms with E-state index in [0.29, 0.717) is 0 Å². The lowest BCUT2D eigenvalue weighted by atomic mass is 10.0. The lowest BCUT2D eigenvalue weighted by Crippen LogP contribution is -1.88. The highest BCUT2D eigenvalue weighted by Gasteiger charge is 1.98. The van der Waals surface area contributed by atoms with E-state index in [2.05, 4.69) is 26.0 Å². The van der Waals surface area contributed by atoms with Crippen LogP contribution in [-0.2, 0) is 0 Å². The fraction of sp³-hybridized carbons (Fsp3) is 0.294. The normalized spacial score (nSPS) is 8.95. The van der Waals surface area contributed by atoms with Crippen LogP contribution in [0.3, 0.4) is 0 Å². The summed E-state index contributed by atoms with van der Waals surface area (Å²) in [7, 11) is 0. The number of nitrogen functional groups attached to an aromatic ring is 1. The Bertz CT molecular complexity index is 438. The van der Waals surface area contributed by atoms with E-state index in [1.54, 1.807) is 0 Å². The smallest absolute Gasteiger partial charge is 0.0393 e. The maximum absolute atomic E-state index is 5.85. The molecule has 2 aromatic rings. The molecule has 0 aromatic heterocycles. The van der Waals surface area contributed by atoms with Crippen molar-refractivity contribution >= 4 is 18.1 Å². The molecule has 0 atom stereocenters. The quantitative estimate of drug-likeness (QED) is 0.731. The number of rotatable bonds is 3. The van der Waals surface area contributed by atoms with Gasteiger partial charge in [-0.2, -0.15) is 0 Å². The van der Waals surface area contributed by atoms with E-state index in [9.17, 15) is 0 Å². The summed E-state index contributed by atoms with van der Waals surface area (Å²) in [6, 6.07) is 18.1. The van der Waals surface area contributed by atoms with E-state index < -0.39 is 0 Å². The monoisotopic (exact) mass is 277 g/mol. The molecule has 0 amide bonds. The van der Waals surface area contributed by atoms with Gasteiger partial charge in [0.05, 0.1) is 0 Å². The van der Waals surface area contributed by atoms with Crippen LogP contribution in [-0.4, -0.2) is 0 Å². The van der Waals surface area contributed by atoms with Gasteiger partial charge < -0.3 is 5.73 Å². The molecule has 0 aliphatic rings. The highest BCUT2D eigenvalue weighted by Crippen LogP contribution is 2.24. The van der Waals surface area contributed by atoms with Crippen molar-refractivity contribution in [3.05, 3.63) is 54.6 Å². The van der Waals surface area contributed by atoms with Gasteiger partial charge in [0, 0.05) is 11.3 Å². The third-order valence-corrected chi connectivity index (χ3v) is 2.75. The second kappa shape index (κ2) is 10.5. The molecule has 2 aromatic carbocycles. The molecule has 0 saturated heterocycles. The maximum atomic E-state index is 5.85. The number of hydrogen-bond donors (Lipinski definition) is 1. The van der Waals surface area contributed by atoms with Gasteiger partial charge in [0.1, 0.15) is 0 Å². The molecule has 0 fully saturated rings. The molecular weight excluding hydrogens is 254 g/mol. The van der Waals surface area contributed by atoms with E-state index in [-0.39, 0.29) is 12.4 Å². The van der Waals surface area contributed by atoms with Gasteiger partial charge in [0.25, 0.3) is 0 Å². The van der Waals surface area contributed by atoms with Crippen molar-refractivity contribution in [2.75, 3.05) is 5.73 Å². The average molecular weight is 278 g/mol. The number of para-hydroxylation sites is 1. The van der Waals surface area contributed by atoms with Crippen LogP contribution in [0.5, 0.6) is 0 Å². The molecule has 0 aliphatic heterocycles. The summed E-state index contributed by atoms with van der Waals surface area (Å²) in [5.74, 6) is 0. The van der Waals surface area contributed by atoms with Gasteiger partial charge in [-0.1, -0.05) is 81.6 Å². The zero-order valence-electron chi connectivity index (χ0n) is 11.8. The number of anilines is 1. The predicted octanol–water partition coefficient (Wildman–Crippen LogP) is 5.55. The topological polar surface area (TPSA) is 26.0 Å². The second-order valence-electron chi connectivity index (χ2n) is 4.31. The number of hydrogen-bond acceptors (Lipinski definition) is 1. The Morgan fingerprint density at radius 2 is 1.32 bits per heavy atom. The van der Waals surface area contributed by atoms with Crippen molar-refractivity contribution in [1.82, 2.24) is 0 Å². The molecule has 0 radical (unpaired) electrons. The number of halogens is 1. The molecule has 2 rings (SSSR count). The molecule has 104 valence electrons. The van der Waals surface area contributed by atoms with Crippen molar-refractivity contribution in [2.45, 2.75) is 33.1 Å². The van der Waals surface area contributed by atoms with E-state index in [0.717, 1.165) is 11.3 Å². The van der Waals surface area contributed by atoms with Crippen LogP contribution in [0.15, 0.2) is 54.6 Å². The Balaban J connectivity index is 0.000000471. The van der Waals surface area contributed by atoms with Crippen molar-refractivity contribution in [2.24, 2.45) is 0 Å². The standard InChI is InChI=1S/C12H11N.C5H12.ClH/c13-12-9-5-4-8-11(12)10-6-2-1-3-7-10;1-3-5-4-2;/h1-9H,13H2;3-5H2,1-2H3;1H. The molecule has 0 saturated carbocycles. The third kappa shape index (κ3) is 6.30. The summed E-state index contributed by atoms with van der Waals surface area (Å²) >= 11 is 0. The van der Waals surface area contributed by atoms with Crippen LogP contribution < -0.4 is 5.73 Å². The summed E-state index contributed by atoms with van der Waals surface area (Å²) in [4.78, 5) is 0. The lowest BCUT2D eigenvalue weighted by molar-refractivity contribution is 0.772. The average Bonchev–Trinajstić information content (AvgIpc) is 2.42. The minimum absolute atomic E-state index is 0. The summed E-state index contributed by atoms with van der Waals surface area (Å²) in [6.07, 6.45) is 4.08. The minimum atomic E-state index is 0. The lowest BCUT2D eigenvalue weighted by Gasteiger charge is -2.03. The molecule has 0 bridgehead atoms. The largest absolute Gasteiger partial charge is 0.398 e. The molecule has 0 heterocycles. The van der Waals surface area contributed by atoms with E-state index in [4.69, 9.17) is 5.73 Å². The molecule has 2 heteroatoms. The van der Waals surface area contributed by atoms with Gasteiger partial charge in [-0.25, -0.2) is 0 Å². The first-order valence-electron chi connectivity index (χ1n) is 6.69. The van der Waals surface area contributed by atoms with Crippen LogP contribution >= 0.6 is 12.4 Å². The van der Waals surface area contributed by atoms with Crippen LogP contribution in [0, 0.1) is 0 Å². The Labute approximate surface area is 123 Å². The Morgan fingerprint density at radius 1 is 0.789 bits per heavy atom. The van der Waals surface area contributed by atoms with Crippen molar-refractivity contribution in [3.63, 3.8) is 0 Å². The number of benzene rings is 2. The van der Waals surface area contributed by atoms with Gasteiger partial charge in [-0.05, 0) is 11.6 Å². The molecule has 1 nitrogen and oxygen atoms in total. The molecule has 0 aliphatic carbocycles. The van der Waals surface area contributed by atoms with Crippen molar-refractivity contribution < 1.29 is 0 Å². The van der Waals surface area contributed by atoms with Gasteiger partial charge >= 0.3 is 0 Å². The molecule has 19 heavy (non-hydrogen) atoms. The SMILES string of the molecule is CCCCC.Cl.Nc1ccccc1-c1ccccc1. The minimum Gasteiger partial charge on any atom is -0.398 e. The van der Waals surface area contributed by atoms with E-state index in [1.165, 1.54) is 24.8 Å². The first-order chi connectivity index (χ1) is 8.79. The summed E-state index contributed by atoms with van der Waals surface area (Å²) in [6.45, 7) is 4.42. The zero-order valence-corrected chi connectivity index (χ0v) is 12.6. The molecule has 0 spiro atoms. The van der Waals surface area contributed by atoms with E-state index >= 15 is 0 Å². The fourth-order valence-electron chi connectivity index (χ4n) is 1.73. The first kappa shape index (κ1) is 17.5. The molecule has 2 N–H and O–H groups in total. The highest BCUT2D eigenvalue weighted by molar-refractivity contribution is 5.85. The molecular formula is C17H24ClN. The summed E-state index contributed by atoms with van der Waals surface area (Å²) < 4.78 is 0. The Hall–Kier alpha value is -1.47. The summed E-state index contributed by atoms with van der Waals surface area (Å²) in [5.41, 5.74) is 8.95. The predicted molar refractivity (Wildman–Crippen MR) is 88.7 cm³/mol. The molecule has 0 unspecified atom stereocenters.